The van der Waals surface area contributed by atoms with Crippen molar-refractivity contribution < 1.29 is 0 Å². The first-order valence-electron chi connectivity index (χ1n) is 6.14. The lowest BCUT2D eigenvalue weighted by Crippen LogP contribution is -2.37. The molecule has 1 rings (SSSR count). The van der Waals surface area contributed by atoms with Crippen molar-refractivity contribution in [2.24, 2.45) is 15.9 Å². The Morgan fingerprint density at radius 3 is 2.31 bits per heavy atom. The Morgan fingerprint density at radius 1 is 1.31 bits per heavy atom. The van der Waals surface area contributed by atoms with Crippen LogP contribution in [0.4, 0.5) is 0 Å². The summed E-state index contributed by atoms with van der Waals surface area (Å²) in [5.74, 6) is 1.67. The van der Waals surface area contributed by atoms with Crippen molar-refractivity contribution in [3.8, 4) is 0 Å². The van der Waals surface area contributed by atoms with Crippen LogP contribution in [0.3, 0.4) is 0 Å². The molecule has 1 fully saturated rings. The van der Waals surface area contributed by atoms with Gasteiger partial charge in [0.2, 0.25) is 5.96 Å². The van der Waals surface area contributed by atoms with E-state index in [9.17, 15) is 0 Å². The van der Waals surface area contributed by atoms with E-state index in [-0.39, 0.29) is 0 Å². The summed E-state index contributed by atoms with van der Waals surface area (Å²) in [4.78, 5) is 10.6. The zero-order chi connectivity index (χ0) is 12.4. The van der Waals surface area contributed by atoms with Gasteiger partial charge < -0.3 is 4.90 Å². The molecule has 3 heteroatoms. The van der Waals surface area contributed by atoms with Crippen LogP contribution in [0.2, 0.25) is 0 Å². The minimum absolute atomic E-state index is 0.830. The normalized spacial score (nSPS) is 18.2. The van der Waals surface area contributed by atoms with E-state index in [0.717, 1.165) is 25.0 Å². The van der Waals surface area contributed by atoms with Crippen LogP contribution in [-0.2, 0) is 0 Å². The highest BCUT2D eigenvalue weighted by molar-refractivity contribution is 5.90. The molecule has 0 unspecified atom stereocenters. The largest absolute Gasteiger partial charge is 0.341 e. The van der Waals surface area contributed by atoms with Gasteiger partial charge in [-0.15, -0.1) is 0 Å². The number of nitrogens with zero attached hydrogens (tertiary/aromatic N) is 3. The highest BCUT2D eigenvalue weighted by Crippen LogP contribution is 2.16. The number of piperidine rings is 1. The van der Waals surface area contributed by atoms with Crippen molar-refractivity contribution in [3.63, 3.8) is 0 Å². The number of hydrogen-bond acceptors (Lipinski definition) is 1. The Balaban J connectivity index is 0.00000106. The summed E-state index contributed by atoms with van der Waals surface area (Å²) >= 11 is 0. The van der Waals surface area contributed by atoms with E-state index in [1.165, 1.54) is 12.8 Å². The minimum Gasteiger partial charge on any atom is -0.341 e. The third-order valence-electron chi connectivity index (χ3n) is 2.56. The van der Waals surface area contributed by atoms with Crippen molar-refractivity contribution in [2.75, 3.05) is 20.1 Å². The second-order valence-corrected chi connectivity index (χ2v) is 3.71. The van der Waals surface area contributed by atoms with E-state index in [1.807, 2.05) is 13.8 Å². The van der Waals surface area contributed by atoms with Crippen LogP contribution in [-0.4, -0.2) is 37.2 Å². The summed E-state index contributed by atoms with van der Waals surface area (Å²) in [6.45, 7) is 12.0. The van der Waals surface area contributed by atoms with E-state index in [0.29, 0.717) is 0 Å². The average Bonchev–Trinajstić information content (AvgIpc) is 2.35. The molecule has 0 atom stereocenters. The molecule has 1 saturated heterocycles. The molecule has 0 spiro atoms. The van der Waals surface area contributed by atoms with E-state index in [4.69, 9.17) is 0 Å². The maximum atomic E-state index is 4.24. The summed E-state index contributed by atoms with van der Waals surface area (Å²) in [6.07, 6.45) is 5.85. The summed E-state index contributed by atoms with van der Waals surface area (Å²) < 4.78 is 0. The van der Waals surface area contributed by atoms with Gasteiger partial charge in [-0.2, -0.15) is 0 Å². The number of hydrogen-bond donors (Lipinski definition) is 0. The molecule has 0 saturated carbocycles. The van der Waals surface area contributed by atoms with Crippen LogP contribution in [0.25, 0.3) is 0 Å². The van der Waals surface area contributed by atoms with E-state index in [1.54, 1.807) is 19.3 Å². The molecular formula is C13H25N3. The Labute approximate surface area is 100.0 Å². The molecule has 16 heavy (non-hydrogen) atoms. The maximum absolute atomic E-state index is 4.24. The maximum Gasteiger partial charge on any atom is 0.220 e. The molecule has 0 N–H and O–H groups in total. The minimum atomic E-state index is 0.830. The highest BCUT2D eigenvalue weighted by atomic mass is 15.3. The predicted octanol–water partition coefficient (Wildman–Crippen LogP) is 2.99. The summed E-state index contributed by atoms with van der Waals surface area (Å²) in [5, 5.41) is 0. The van der Waals surface area contributed by atoms with Gasteiger partial charge in [0.05, 0.1) is 0 Å². The van der Waals surface area contributed by atoms with Crippen molar-refractivity contribution in [1.82, 2.24) is 4.90 Å². The molecule has 0 aromatic carbocycles. The molecular weight excluding hydrogens is 198 g/mol. The first-order chi connectivity index (χ1) is 7.77. The van der Waals surface area contributed by atoms with E-state index < -0.39 is 0 Å². The van der Waals surface area contributed by atoms with Gasteiger partial charge in [0.15, 0.2) is 0 Å². The van der Waals surface area contributed by atoms with Gasteiger partial charge in [-0.3, -0.25) is 4.99 Å². The Kier molecular flexibility index (Phi) is 8.49. The topological polar surface area (TPSA) is 28.0 Å². The van der Waals surface area contributed by atoms with Crippen LogP contribution in [0.5, 0.6) is 0 Å². The smallest absolute Gasteiger partial charge is 0.220 e. The first kappa shape index (κ1) is 14.9. The third-order valence-corrected chi connectivity index (χ3v) is 2.56. The Bertz CT molecular complexity index is 236. The lowest BCUT2D eigenvalue weighted by atomic mass is 10.00. The zero-order valence-corrected chi connectivity index (χ0v) is 11.1. The van der Waals surface area contributed by atoms with Gasteiger partial charge in [0, 0.05) is 26.4 Å². The number of aliphatic imine (C=N–C) groups is 2. The van der Waals surface area contributed by atoms with E-state index >= 15 is 0 Å². The molecule has 3 nitrogen and oxygen atoms in total. The molecule has 0 amide bonds. The molecule has 1 aliphatic heterocycles. The highest BCUT2D eigenvalue weighted by Gasteiger charge is 2.17. The quantitative estimate of drug-likeness (QED) is 0.496. The number of likely N-dealkylation sites (tertiary alicyclic amines) is 1. The van der Waals surface area contributed by atoms with Gasteiger partial charge in [0.25, 0.3) is 0 Å². The van der Waals surface area contributed by atoms with E-state index in [2.05, 4.69) is 28.4 Å². The molecule has 0 radical (unpaired) electrons. The first-order valence-corrected chi connectivity index (χ1v) is 6.14. The third kappa shape index (κ3) is 5.10. The predicted molar refractivity (Wildman–Crippen MR) is 73.4 cm³/mol. The zero-order valence-electron chi connectivity index (χ0n) is 11.1. The molecule has 0 aromatic heterocycles. The van der Waals surface area contributed by atoms with Crippen molar-refractivity contribution >= 4 is 12.2 Å². The molecule has 0 aromatic rings. The average molecular weight is 223 g/mol. The second-order valence-electron chi connectivity index (χ2n) is 3.71. The fourth-order valence-corrected chi connectivity index (χ4v) is 1.61. The molecule has 92 valence electrons. The van der Waals surface area contributed by atoms with Crippen LogP contribution >= 0.6 is 0 Å². The monoisotopic (exact) mass is 223 g/mol. The lowest BCUT2D eigenvalue weighted by molar-refractivity contribution is 0.278. The number of rotatable bonds is 1. The number of allylic oxidation sites excluding steroid dienone is 1. The fourth-order valence-electron chi connectivity index (χ4n) is 1.61. The summed E-state index contributed by atoms with van der Waals surface area (Å²) in [6, 6.07) is 0. The van der Waals surface area contributed by atoms with Crippen LogP contribution in [0.15, 0.2) is 22.6 Å². The Hall–Kier alpha value is -1.12. The molecule has 0 aliphatic carbocycles. The summed E-state index contributed by atoms with van der Waals surface area (Å²) in [7, 11) is 1.79. The standard InChI is InChI=1S/C11H19N3.C2H6/c1-4-7-13-11(12-3)14-8-5-10(2)6-9-14;1-2/h4,7,10H,1,5-6,8-9H2,2-3H3;1-2H3/b12-11?,13-7-;. The molecule has 1 heterocycles. The van der Waals surface area contributed by atoms with Gasteiger partial charge in [-0.25, -0.2) is 4.99 Å². The van der Waals surface area contributed by atoms with Crippen LogP contribution in [0, 0.1) is 5.92 Å². The van der Waals surface area contributed by atoms with Gasteiger partial charge in [0.1, 0.15) is 0 Å². The molecule has 0 bridgehead atoms. The SMILES string of the molecule is C=C/C=N\C(=NC)N1CCC(C)CC1.CC. The van der Waals surface area contributed by atoms with Gasteiger partial charge in [-0.05, 0) is 18.8 Å². The van der Waals surface area contributed by atoms with Crippen molar-refractivity contribution in [2.45, 2.75) is 33.6 Å². The van der Waals surface area contributed by atoms with Crippen LogP contribution in [0.1, 0.15) is 33.6 Å². The van der Waals surface area contributed by atoms with Crippen LogP contribution < -0.4 is 0 Å². The van der Waals surface area contributed by atoms with Gasteiger partial charge >= 0.3 is 0 Å². The summed E-state index contributed by atoms with van der Waals surface area (Å²) in [5.41, 5.74) is 0. The second kappa shape index (κ2) is 9.13. The fraction of sp³-hybridized carbons (Fsp3) is 0.692. The lowest BCUT2D eigenvalue weighted by Gasteiger charge is -2.30. The number of guanidine groups is 1. The van der Waals surface area contributed by atoms with Crippen molar-refractivity contribution in [1.29, 1.82) is 0 Å². The van der Waals surface area contributed by atoms with Gasteiger partial charge in [-0.1, -0.05) is 33.4 Å². The molecule has 1 aliphatic rings. The van der Waals surface area contributed by atoms with Crippen molar-refractivity contribution in [3.05, 3.63) is 12.7 Å². The Morgan fingerprint density at radius 2 is 1.88 bits per heavy atom.